The molecule has 0 saturated heterocycles. The number of hydrogen-bond donors (Lipinski definition) is 1. The molecule has 0 aromatic carbocycles. The van der Waals surface area contributed by atoms with Crippen LogP contribution in [0.4, 0.5) is 0 Å². The molecule has 0 aromatic heterocycles. The van der Waals surface area contributed by atoms with Gasteiger partial charge < -0.3 is 5.11 Å². The van der Waals surface area contributed by atoms with Crippen molar-refractivity contribution in [2.45, 2.75) is 31.2 Å². The molecule has 0 bridgehead atoms. The second-order valence-corrected chi connectivity index (χ2v) is 3.64. The third-order valence-corrected chi connectivity index (χ3v) is 2.09. The van der Waals surface area contributed by atoms with Gasteiger partial charge in [-0.15, -0.1) is 0 Å². The van der Waals surface area contributed by atoms with E-state index in [1.807, 2.05) is 6.92 Å². The normalized spacial score (nSPS) is 16.7. The van der Waals surface area contributed by atoms with Gasteiger partial charge >= 0.3 is 0 Å². The van der Waals surface area contributed by atoms with Gasteiger partial charge in [0.15, 0.2) is 0 Å². The maximum Gasteiger partial charge on any atom is 0.0713 e. The highest BCUT2D eigenvalue weighted by Crippen LogP contribution is 2.14. The van der Waals surface area contributed by atoms with Gasteiger partial charge in [-0.05, 0) is 20.8 Å². The van der Waals surface area contributed by atoms with Crippen LogP contribution in [0, 0.1) is 0 Å². The fourth-order valence-corrected chi connectivity index (χ4v) is 0. The maximum atomic E-state index is 9.05. The van der Waals surface area contributed by atoms with Crippen molar-refractivity contribution in [2.75, 3.05) is 0 Å². The van der Waals surface area contributed by atoms with Crippen LogP contribution in [0.25, 0.3) is 0 Å². The van der Waals surface area contributed by atoms with Crippen molar-refractivity contribution in [2.24, 2.45) is 0 Å². The number of hydrogen-bond acceptors (Lipinski definition) is 1. The molecule has 0 heterocycles. The minimum absolute atomic E-state index is 0.167. The molecule has 0 aliphatic rings. The second-order valence-electron chi connectivity index (χ2n) is 2.27. The van der Waals surface area contributed by atoms with Crippen molar-refractivity contribution >= 4 is 15.9 Å². The summed E-state index contributed by atoms with van der Waals surface area (Å²) >= 11 is 3.24. The van der Waals surface area contributed by atoms with Crippen LogP contribution in [-0.4, -0.2) is 15.5 Å². The standard InChI is InChI=1S/C5H11BrO/c1-4(6)5(2,3)7/h4,7H,1-3H3/t4-/m1/s1. The molecule has 44 valence electrons. The van der Waals surface area contributed by atoms with Gasteiger partial charge in [0.2, 0.25) is 0 Å². The van der Waals surface area contributed by atoms with Crippen molar-refractivity contribution in [3.05, 3.63) is 0 Å². The molecule has 0 aliphatic carbocycles. The van der Waals surface area contributed by atoms with E-state index in [0.29, 0.717) is 0 Å². The van der Waals surface area contributed by atoms with Crippen LogP contribution < -0.4 is 0 Å². The molecule has 0 saturated carbocycles. The van der Waals surface area contributed by atoms with E-state index in [2.05, 4.69) is 15.9 Å². The number of aliphatic hydroxyl groups is 1. The average molecular weight is 167 g/mol. The zero-order valence-electron chi connectivity index (χ0n) is 4.90. The molecule has 1 atom stereocenters. The van der Waals surface area contributed by atoms with Gasteiger partial charge in [0.05, 0.1) is 5.60 Å². The van der Waals surface area contributed by atoms with E-state index in [4.69, 9.17) is 5.11 Å². The summed E-state index contributed by atoms with van der Waals surface area (Å²) in [5.41, 5.74) is -0.583. The van der Waals surface area contributed by atoms with Crippen molar-refractivity contribution in [1.82, 2.24) is 0 Å². The Balaban J connectivity index is 3.54. The van der Waals surface area contributed by atoms with Crippen LogP contribution in [0.1, 0.15) is 20.8 Å². The van der Waals surface area contributed by atoms with Crippen molar-refractivity contribution in [3.8, 4) is 0 Å². The average Bonchev–Trinajstić information content (AvgIpc) is 1.31. The van der Waals surface area contributed by atoms with E-state index in [1.54, 1.807) is 13.8 Å². The summed E-state index contributed by atoms with van der Waals surface area (Å²) in [6.45, 7) is 5.46. The molecule has 0 unspecified atom stereocenters. The lowest BCUT2D eigenvalue weighted by Crippen LogP contribution is -2.28. The Morgan fingerprint density at radius 3 is 1.71 bits per heavy atom. The third-order valence-electron chi connectivity index (χ3n) is 0.973. The second kappa shape index (κ2) is 2.14. The molecule has 1 N–H and O–H groups in total. The molecule has 0 radical (unpaired) electrons. The first-order valence-corrected chi connectivity index (χ1v) is 3.22. The van der Waals surface area contributed by atoms with Crippen LogP contribution in [0.3, 0.4) is 0 Å². The molecule has 7 heavy (non-hydrogen) atoms. The molecule has 2 heteroatoms. The third kappa shape index (κ3) is 3.06. The molecule has 0 rings (SSSR count). The zero-order valence-corrected chi connectivity index (χ0v) is 6.49. The van der Waals surface area contributed by atoms with Gasteiger partial charge in [-0.3, -0.25) is 0 Å². The van der Waals surface area contributed by atoms with Gasteiger partial charge in [0.25, 0.3) is 0 Å². The van der Waals surface area contributed by atoms with Crippen LogP contribution in [0.5, 0.6) is 0 Å². The Hall–Kier alpha value is 0.440. The highest BCUT2D eigenvalue weighted by molar-refractivity contribution is 9.09. The lowest BCUT2D eigenvalue weighted by Gasteiger charge is -2.19. The molecule has 0 aliphatic heterocycles. The first-order valence-electron chi connectivity index (χ1n) is 2.31. The van der Waals surface area contributed by atoms with Crippen molar-refractivity contribution < 1.29 is 5.11 Å². The summed E-state index contributed by atoms with van der Waals surface area (Å²) in [6.07, 6.45) is 0. The largest absolute Gasteiger partial charge is 0.389 e. The Bertz CT molecular complexity index is 53.6. The molecular formula is C5H11BrO. The number of rotatable bonds is 1. The summed E-state index contributed by atoms with van der Waals surface area (Å²) in [4.78, 5) is 0.167. The van der Waals surface area contributed by atoms with Crippen molar-refractivity contribution in [3.63, 3.8) is 0 Å². The minimum Gasteiger partial charge on any atom is -0.389 e. The summed E-state index contributed by atoms with van der Waals surface area (Å²) in [7, 11) is 0. The summed E-state index contributed by atoms with van der Waals surface area (Å²) < 4.78 is 0. The van der Waals surface area contributed by atoms with E-state index in [0.717, 1.165) is 0 Å². The van der Waals surface area contributed by atoms with E-state index in [1.165, 1.54) is 0 Å². The highest BCUT2D eigenvalue weighted by atomic mass is 79.9. The van der Waals surface area contributed by atoms with Gasteiger partial charge in [0, 0.05) is 4.83 Å². The Labute approximate surface area is 52.9 Å². The van der Waals surface area contributed by atoms with Crippen LogP contribution in [-0.2, 0) is 0 Å². The minimum atomic E-state index is -0.583. The fourth-order valence-electron chi connectivity index (χ4n) is 0. The Morgan fingerprint density at radius 2 is 1.71 bits per heavy atom. The molecule has 1 nitrogen and oxygen atoms in total. The van der Waals surface area contributed by atoms with E-state index in [9.17, 15) is 0 Å². The quantitative estimate of drug-likeness (QED) is 0.587. The van der Waals surface area contributed by atoms with Crippen LogP contribution >= 0.6 is 15.9 Å². The van der Waals surface area contributed by atoms with E-state index in [-0.39, 0.29) is 4.83 Å². The Kier molecular flexibility index (Phi) is 2.27. The fraction of sp³-hybridized carbons (Fsp3) is 1.00. The Morgan fingerprint density at radius 1 is 1.57 bits per heavy atom. The van der Waals surface area contributed by atoms with E-state index >= 15 is 0 Å². The predicted molar refractivity (Wildman–Crippen MR) is 34.7 cm³/mol. The highest BCUT2D eigenvalue weighted by Gasteiger charge is 2.18. The summed E-state index contributed by atoms with van der Waals surface area (Å²) in [5, 5.41) is 9.05. The molecule has 0 spiro atoms. The van der Waals surface area contributed by atoms with Crippen LogP contribution in [0.15, 0.2) is 0 Å². The van der Waals surface area contributed by atoms with Gasteiger partial charge in [-0.25, -0.2) is 0 Å². The lowest BCUT2D eigenvalue weighted by molar-refractivity contribution is 0.0843. The van der Waals surface area contributed by atoms with Gasteiger partial charge in [0.1, 0.15) is 0 Å². The summed E-state index contributed by atoms with van der Waals surface area (Å²) in [5.74, 6) is 0. The molecule has 0 fully saturated rings. The number of halogens is 1. The first-order chi connectivity index (χ1) is 2.94. The maximum absolute atomic E-state index is 9.05. The zero-order chi connectivity index (χ0) is 6.08. The topological polar surface area (TPSA) is 20.2 Å². The first kappa shape index (κ1) is 7.44. The molecular weight excluding hydrogens is 156 g/mol. The van der Waals surface area contributed by atoms with E-state index < -0.39 is 5.60 Å². The number of alkyl halides is 1. The SMILES string of the molecule is C[C@@H](Br)C(C)(C)O. The lowest BCUT2D eigenvalue weighted by atomic mass is 10.1. The van der Waals surface area contributed by atoms with Crippen molar-refractivity contribution in [1.29, 1.82) is 0 Å². The molecule has 0 amide bonds. The van der Waals surface area contributed by atoms with Gasteiger partial charge in [-0.1, -0.05) is 15.9 Å². The summed E-state index contributed by atoms with van der Waals surface area (Å²) in [6, 6.07) is 0. The van der Waals surface area contributed by atoms with Crippen LogP contribution in [0.2, 0.25) is 0 Å². The van der Waals surface area contributed by atoms with Gasteiger partial charge in [-0.2, -0.15) is 0 Å². The predicted octanol–water partition coefficient (Wildman–Crippen LogP) is 1.54. The monoisotopic (exact) mass is 166 g/mol. The smallest absolute Gasteiger partial charge is 0.0713 e. The molecule has 0 aromatic rings.